The van der Waals surface area contributed by atoms with Crippen LogP contribution in [0.1, 0.15) is 38.2 Å². The monoisotopic (exact) mass is 272 g/mol. The lowest BCUT2D eigenvalue weighted by Gasteiger charge is -2.39. The molecule has 0 bridgehead atoms. The van der Waals surface area contributed by atoms with Crippen LogP contribution in [0.25, 0.3) is 5.57 Å². The fraction of sp³-hybridized carbons (Fsp3) is 0.556. The van der Waals surface area contributed by atoms with Crippen molar-refractivity contribution in [3.63, 3.8) is 0 Å². The van der Waals surface area contributed by atoms with Gasteiger partial charge in [0.1, 0.15) is 0 Å². The minimum Gasteiger partial charge on any atom is -0.330 e. The maximum atomic E-state index is 5.98. The fourth-order valence-corrected chi connectivity index (χ4v) is 3.42. The predicted octanol–water partition coefficient (Wildman–Crippen LogP) is 3.54. The highest BCUT2D eigenvalue weighted by molar-refractivity contribution is 5.64. The molecule has 2 N–H and O–H groups in total. The summed E-state index contributed by atoms with van der Waals surface area (Å²) >= 11 is 0. The third-order valence-corrected chi connectivity index (χ3v) is 4.62. The van der Waals surface area contributed by atoms with E-state index < -0.39 is 0 Å². The fourth-order valence-electron chi connectivity index (χ4n) is 3.42. The molecule has 1 aliphatic carbocycles. The highest BCUT2D eigenvalue weighted by Crippen LogP contribution is 2.29. The quantitative estimate of drug-likeness (QED) is 0.858. The minimum atomic E-state index is 0.638. The van der Waals surface area contributed by atoms with Gasteiger partial charge in [0, 0.05) is 12.6 Å². The molecule has 1 aromatic carbocycles. The number of likely N-dealkylation sites (N-methyl/N-ethyl adjacent to an activating group) is 1. The van der Waals surface area contributed by atoms with Gasteiger partial charge >= 0.3 is 0 Å². The molecular formula is C18H28N2. The lowest BCUT2D eigenvalue weighted by molar-refractivity contribution is 0.127. The molecule has 110 valence electrons. The van der Waals surface area contributed by atoms with Gasteiger partial charge in [-0.25, -0.2) is 0 Å². The largest absolute Gasteiger partial charge is 0.330 e. The topological polar surface area (TPSA) is 29.3 Å². The van der Waals surface area contributed by atoms with Crippen LogP contribution in [0.15, 0.2) is 36.9 Å². The second-order valence-corrected chi connectivity index (χ2v) is 5.88. The molecule has 2 nitrogen and oxygen atoms in total. The standard InChI is InChI=1S/C18H28N2/c1-3-20(18-12-8-7-11-17(18)13-19)14-15(2)16-9-5-4-6-10-16/h4-6,9-10,17-18H,2-3,7-8,11-14,19H2,1H3. The van der Waals surface area contributed by atoms with E-state index in [1.165, 1.54) is 36.8 Å². The van der Waals surface area contributed by atoms with Crippen LogP contribution in [-0.2, 0) is 0 Å². The molecular weight excluding hydrogens is 244 g/mol. The minimum absolute atomic E-state index is 0.638. The van der Waals surface area contributed by atoms with Gasteiger partial charge in [-0.3, -0.25) is 4.90 Å². The molecule has 2 unspecified atom stereocenters. The predicted molar refractivity (Wildman–Crippen MR) is 87.5 cm³/mol. The van der Waals surface area contributed by atoms with Crippen LogP contribution in [0, 0.1) is 5.92 Å². The summed E-state index contributed by atoms with van der Waals surface area (Å²) in [5, 5.41) is 0. The first-order valence-electron chi connectivity index (χ1n) is 7.93. The maximum Gasteiger partial charge on any atom is 0.0236 e. The average molecular weight is 272 g/mol. The summed E-state index contributed by atoms with van der Waals surface area (Å²) in [7, 11) is 0. The number of nitrogens with two attached hydrogens (primary N) is 1. The Kier molecular flexibility index (Phi) is 5.81. The van der Waals surface area contributed by atoms with E-state index in [0.717, 1.165) is 19.6 Å². The highest BCUT2D eigenvalue weighted by atomic mass is 15.2. The maximum absolute atomic E-state index is 5.98. The van der Waals surface area contributed by atoms with Crippen LogP contribution in [-0.4, -0.2) is 30.6 Å². The zero-order valence-corrected chi connectivity index (χ0v) is 12.7. The molecule has 20 heavy (non-hydrogen) atoms. The zero-order valence-electron chi connectivity index (χ0n) is 12.7. The Bertz CT molecular complexity index is 413. The van der Waals surface area contributed by atoms with Gasteiger partial charge in [-0.1, -0.05) is 56.7 Å². The first-order valence-corrected chi connectivity index (χ1v) is 7.93. The first-order chi connectivity index (χ1) is 9.76. The van der Waals surface area contributed by atoms with Gasteiger partial charge in [0.25, 0.3) is 0 Å². The summed E-state index contributed by atoms with van der Waals surface area (Å²) < 4.78 is 0. The number of benzene rings is 1. The lowest BCUT2D eigenvalue weighted by Crippen LogP contribution is -2.45. The molecule has 1 saturated carbocycles. The van der Waals surface area contributed by atoms with Gasteiger partial charge in [0.05, 0.1) is 0 Å². The smallest absolute Gasteiger partial charge is 0.0236 e. The second kappa shape index (κ2) is 7.61. The van der Waals surface area contributed by atoms with E-state index in [4.69, 9.17) is 5.73 Å². The summed E-state index contributed by atoms with van der Waals surface area (Å²) in [6.07, 6.45) is 5.26. The molecule has 0 amide bonds. The van der Waals surface area contributed by atoms with Crippen LogP contribution < -0.4 is 5.73 Å². The Hall–Kier alpha value is -1.12. The van der Waals surface area contributed by atoms with Crippen LogP contribution in [0.2, 0.25) is 0 Å². The molecule has 2 atom stereocenters. The number of nitrogens with zero attached hydrogens (tertiary/aromatic N) is 1. The van der Waals surface area contributed by atoms with Crippen LogP contribution >= 0.6 is 0 Å². The van der Waals surface area contributed by atoms with E-state index in [0.29, 0.717) is 12.0 Å². The first kappa shape index (κ1) is 15.3. The van der Waals surface area contributed by atoms with Gasteiger partial charge in [-0.15, -0.1) is 0 Å². The molecule has 0 spiro atoms. The van der Waals surface area contributed by atoms with Gasteiger partial charge in [0.2, 0.25) is 0 Å². The van der Waals surface area contributed by atoms with E-state index in [1.54, 1.807) is 0 Å². The lowest BCUT2D eigenvalue weighted by atomic mass is 9.83. The van der Waals surface area contributed by atoms with Crippen molar-refractivity contribution in [3.05, 3.63) is 42.5 Å². The zero-order chi connectivity index (χ0) is 14.4. The number of hydrogen-bond acceptors (Lipinski definition) is 2. The summed E-state index contributed by atoms with van der Waals surface area (Å²) in [5.41, 5.74) is 8.45. The van der Waals surface area contributed by atoms with Crippen LogP contribution in [0.4, 0.5) is 0 Å². The Morgan fingerprint density at radius 1 is 1.25 bits per heavy atom. The molecule has 2 rings (SSSR count). The van der Waals surface area contributed by atoms with Gasteiger partial charge in [-0.2, -0.15) is 0 Å². The molecule has 1 aromatic rings. The van der Waals surface area contributed by atoms with Crippen molar-refractivity contribution in [3.8, 4) is 0 Å². The molecule has 0 radical (unpaired) electrons. The molecule has 0 saturated heterocycles. The Morgan fingerprint density at radius 3 is 2.60 bits per heavy atom. The van der Waals surface area contributed by atoms with E-state index >= 15 is 0 Å². The summed E-state index contributed by atoms with van der Waals surface area (Å²) in [6, 6.07) is 11.2. The van der Waals surface area contributed by atoms with Crippen molar-refractivity contribution < 1.29 is 0 Å². The van der Waals surface area contributed by atoms with E-state index in [2.05, 4.69) is 48.7 Å². The SMILES string of the molecule is C=C(CN(CC)C1CCCCC1CN)c1ccccc1. The van der Waals surface area contributed by atoms with Crippen LogP contribution in [0.3, 0.4) is 0 Å². The van der Waals surface area contributed by atoms with Crippen molar-refractivity contribution in [1.82, 2.24) is 4.90 Å². The van der Waals surface area contributed by atoms with Crippen molar-refractivity contribution in [2.45, 2.75) is 38.6 Å². The molecule has 1 aliphatic rings. The molecule has 1 fully saturated rings. The van der Waals surface area contributed by atoms with E-state index in [-0.39, 0.29) is 0 Å². The van der Waals surface area contributed by atoms with Crippen molar-refractivity contribution in [1.29, 1.82) is 0 Å². The van der Waals surface area contributed by atoms with Crippen LogP contribution in [0.5, 0.6) is 0 Å². The average Bonchev–Trinajstić information content (AvgIpc) is 2.53. The Morgan fingerprint density at radius 2 is 1.95 bits per heavy atom. The second-order valence-electron chi connectivity index (χ2n) is 5.88. The normalized spacial score (nSPS) is 22.9. The van der Waals surface area contributed by atoms with Gasteiger partial charge in [0.15, 0.2) is 0 Å². The van der Waals surface area contributed by atoms with Crippen molar-refractivity contribution >= 4 is 5.57 Å². The summed E-state index contributed by atoms with van der Waals surface area (Å²) in [6.45, 7) is 9.39. The molecule has 0 heterocycles. The molecule has 2 heteroatoms. The Labute approximate surface area is 123 Å². The summed E-state index contributed by atoms with van der Waals surface area (Å²) in [5.74, 6) is 0.660. The number of hydrogen-bond donors (Lipinski definition) is 1. The van der Waals surface area contributed by atoms with Crippen molar-refractivity contribution in [2.24, 2.45) is 11.7 Å². The van der Waals surface area contributed by atoms with Gasteiger partial charge < -0.3 is 5.73 Å². The van der Waals surface area contributed by atoms with Gasteiger partial charge in [-0.05, 0) is 43.0 Å². The summed E-state index contributed by atoms with van der Waals surface area (Å²) in [4.78, 5) is 2.58. The Balaban J connectivity index is 2.02. The van der Waals surface area contributed by atoms with Crippen molar-refractivity contribution in [2.75, 3.05) is 19.6 Å². The van der Waals surface area contributed by atoms with E-state index in [9.17, 15) is 0 Å². The highest BCUT2D eigenvalue weighted by Gasteiger charge is 2.28. The molecule has 0 aromatic heterocycles. The van der Waals surface area contributed by atoms with E-state index in [1.807, 2.05) is 0 Å². The third kappa shape index (κ3) is 3.71. The number of rotatable bonds is 6. The molecule has 0 aliphatic heterocycles. The third-order valence-electron chi connectivity index (χ3n) is 4.62.